The molecule has 0 saturated heterocycles. The molecule has 1 nitrogen and oxygen atoms in total. The van der Waals surface area contributed by atoms with Gasteiger partial charge in [0, 0.05) is 6.61 Å². The molecule has 0 saturated carbocycles. The number of aliphatic hydroxyl groups is 1. The second-order valence-corrected chi connectivity index (χ2v) is 4.79. The van der Waals surface area contributed by atoms with Gasteiger partial charge in [-0.15, -0.1) is 0 Å². The maximum Gasteiger partial charge on any atom is 0.0433 e. The van der Waals surface area contributed by atoms with Crippen LogP contribution < -0.4 is 0 Å². The molecule has 0 aromatic rings. The summed E-state index contributed by atoms with van der Waals surface area (Å²) in [7, 11) is 0. The van der Waals surface area contributed by atoms with Gasteiger partial charge in [0.05, 0.1) is 0 Å². The van der Waals surface area contributed by atoms with Crippen LogP contribution in [0.15, 0.2) is 11.6 Å². The Balaban J connectivity index is 3.20. The molecular weight excluding hydrogens is 196 g/mol. The van der Waals surface area contributed by atoms with Crippen LogP contribution in [0.3, 0.4) is 0 Å². The van der Waals surface area contributed by atoms with E-state index in [1.54, 1.807) is 0 Å². The van der Waals surface area contributed by atoms with Crippen molar-refractivity contribution in [3.63, 3.8) is 0 Å². The van der Waals surface area contributed by atoms with Gasteiger partial charge in [0.1, 0.15) is 0 Å². The molecule has 0 radical (unpaired) electrons. The highest BCUT2D eigenvalue weighted by molar-refractivity contribution is 4.97. The fourth-order valence-electron chi connectivity index (χ4n) is 1.90. The van der Waals surface area contributed by atoms with Crippen molar-refractivity contribution < 1.29 is 5.11 Å². The average molecular weight is 226 g/mol. The Morgan fingerprint density at radius 1 is 0.938 bits per heavy atom. The topological polar surface area (TPSA) is 20.2 Å². The van der Waals surface area contributed by atoms with Gasteiger partial charge in [-0.25, -0.2) is 0 Å². The predicted molar refractivity (Wildman–Crippen MR) is 72.7 cm³/mol. The smallest absolute Gasteiger partial charge is 0.0433 e. The summed E-state index contributed by atoms with van der Waals surface area (Å²) in [4.78, 5) is 0. The van der Waals surface area contributed by atoms with E-state index in [1.807, 2.05) is 0 Å². The van der Waals surface area contributed by atoms with E-state index >= 15 is 0 Å². The quantitative estimate of drug-likeness (QED) is 0.394. The Morgan fingerprint density at radius 3 is 2.19 bits per heavy atom. The Morgan fingerprint density at radius 2 is 1.56 bits per heavy atom. The fourth-order valence-corrected chi connectivity index (χ4v) is 1.90. The summed E-state index contributed by atoms with van der Waals surface area (Å²) in [6.07, 6.45) is 15.2. The summed E-state index contributed by atoms with van der Waals surface area (Å²) < 4.78 is 0. The van der Waals surface area contributed by atoms with Crippen LogP contribution in [0.4, 0.5) is 0 Å². The molecule has 0 rings (SSSR count). The zero-order valence-electron chi connectivity index (χ0n) is 11.3. The fraction of sp³-hybridized carbons (Fsp3) is 0.867. The highest BCUT2D eigenvalue weighted by Crippen LogP contribution is 2.12. The Labute approximate surface area is 102 Å². The van der Waals surface area contributed by atoms with E-state index in [0.717, 1.165) is 12.8 Å². The van der Waals surface area contributed by atoms with Crippen molar-refractivity contribution in [2.45, 2.75) is 78.1 Å². The minimum Gasteiger partial charge on any atom is -0.396 e. The third-order valence-electron chi connectivity index (χ3n) is 3.03. The number of unbranched alkanes of at least 4 members (excludes halogenated alkanes) is 7. The van der Waals surface area contributed by atoms with E-state index in [9.17, 15) is 0 Å². The maximum absolute atomic E-state index is 8.67. The van der Waals surface area contributed by atoms with Crippen LogP contribution in [-0.4, -0.2) is 11.7 Å². The SMILES string of the molecule is CCCCCCCCC/C(C)=C/CCCO. The van der Waals surface area contributed by atoms with E-state index in [2.05, 4.69) is 19.9 Å². The van der Waals surface area contributed by atoms with Crippen molar-refractivity contribution in [1.29, 1.82) is 0 Å². The summed E-state index contributed by atoms with van der Waals surface area (Å²) in [5.41, 5.74) is 1.50. The lowest BCUT2D eigenvalue weighted by Gasteiger charge is -2.02. The van der Waals surface area contributed by atoms with Gasteiger partial charge in [-0.1, -0.05) is 57.1 Å². The number of aliphatic hydroxyl groups excluding tert-OH is 1. The van der Waals surface area contributed by atoms with Gasteiger partial charge in [0.2, 0.25) is 0 Å². The van der Waals surface area contributed by atoms with Crippen molar-refractivity contribution in [3.05, 3.63) is 11.6 Å². The van der Waals surface area contributed by atoms with Gasteiger partial charge in [-0.3, -0.25) is 0 Å². The third kappa shape index (κ3) is 11.8. The molecule has 0 heterocycles. The highest BCUT2D eigenvalue weighted by atomic mass is 16.2. The molecule has 0 aliphatic carbocycles. The van der Waals surface area contributed by atoms with Crippen LogP contribution in [0.5, 0.6) is 0 Å². The lowest BCUT2D eigenvalue weighted by atomic mass is 10.0. The molecule has 0 atom stereocenters. The van der Waals surface area contributed by atoms with Gasteiger partial charge in [-0.05, 0) is 32.6 Å². The largest absolute Gasteiger partial charge is 0.396 e. The lowest BCUT2D eigenvalue weighted by molar-refractivity contribution is 0.289. The van der Waals surface area contributed by atoms with E-state index in [1.165, 1.54) is 56.9 Å². The van der Waals surface area contributed by atoms with Gasteiger partial charge in [0.25, 0.3) is 0 Å². The maximum atomic E-state index is 8.67. The van der Waals surface area contributed by atoms with Crippen molar-refractivity contribution >= 4 is 0 Å². The zero-order valence-corrected chi connectivity index (χ0v) is 11.3. The van der Waals surface area contributed by atoms with Crippen LogP contribution in [0, 0.1) is 0 Å². The molecular formula is C15H30O. The van der Waals surface area contributed by atoms with Gasteiger partial charge >= 0.3 is 0 Å². The number of rotatable bonds is 11. The lowest BCUT2D eigenvalue weighted by Crippen LogP contribution is -1.84. The monoisotopic (exact) mass is 226 g/mol. The zero-order chi connectivity index (χ0) is 12.1. The standard InChI is InChI=1S/C15H30O/c1-3-4-5-6-7-8-9-12-15(2)13-10-11-14-16/h13,16H,3-12,14H2,1-2H3/b15-13+. The molecule has 0 aliphatic rings. The third-order valence-corrected chi connectivity index (χ3v) is 3.03. The molecule has 0 aliphatic heterocycles. The molecule has 0 unspecified atom stereocenters. The van der Waals surface area contributed by atoms with Crippen LogP contribution >= 0.6 is 0 Å². The highest BCUT2D eigenvalue weighted by Gasteiger charge is 1.93. The Kier molecular flexibility index (Phi) is 12.5. The molecule has 1 N–H and O–H groups in total. The summed E-state index contributed by atoms with van der Waals surface area (Å²) in [6.45, 7) is 4.80. The molecule has 0 aromatic heterocycles. The molecule has 96 valence electrons. The van der Waals surface area contributed by atoms with Gasteiger partial charge < -0.3 is 5.11 Å². The molecule has 1 heteroatoms. The first-order valence-corrected chi connectivity index (χ1v) is 7.07. The molecule has 0 spiro atoms. The summed E-state index contributed by atoms with van der Waals surface area (Å²) in [6, 6.07) is 0. The molecule has 0 aromatic carbocycles. The second-order valence-electron chi connectivity index (χ2n) is 4.79. The van der Waals surface area contributed by atoms with Crippen LogP contribution in [0.25, 0.3) is 0 Å². The van der Waals surface area contributed by atoms with E-state index in [4.69, 9.17) is 5.11 Å². The van der Waals surface area contributed by atoms with Crippen molar-refractivity contribution in [3.8, 4) is 0 Å². The second kappa shape index (κ2) is 12.8. The van der Waals surface area contributed by atoms with Crippen molar-refractivity contribution in [2.75, 3.05) is 6.61 Å². The molecule has 0 fully saturated rings. The summed E-state index contributed by atoms with van der Waals surface area (Å²) in [5, 5.41) is 8.67. The number of hydrogen-bond acceptors (Lipinski definition) is 1. The first-order valence-electron chi connectivity index (χ1n) is 7.07. The first-order chi connectivity index (χ1) is 7.81. The van der Waals surface area contributed by atoms with E-state index < -0.39 is 0 Å². The first kappa shape index (κ1) is 15.7. The van der Waals surface area contributed by atoms with Crippen molar-refractivity contribution in [1.82, 2.24) is 0 Å². The molecule has 0 amide bonds. The predicted octanol–water partition coefficient (Wildman–Crippen LogP) is 4.85. The summed E-state index contributed by atoms with van der Waals surface area (Å²) in [5.74, 6) is 0. The van der Waals surface area contributed by atoms with Crippen molar-refractivity contribution in [2.24, 2.45) is 0 Å². The minimum atomic E-state index is 0.321. The van der Waals surface area contributed by atoms with Crippen LogP contribution in [0.2, 0.25) is 0 Å². The average Bonchev–Trinajstić information content (AvgIpc) is 2.28. The van der Waals surface area contributed by atoms with E-state index in [0.29, 0.717) is 6.61 Å². The number of allylic oxidation sites excluding steroid dienone is 2. The van der Waals surface area contributed by atoms with E-state index in [-0.39, 0.29) is 0 Å². The summed E-state index contributed by atoms with van der Waals surface area (Å²) >= 11 is 0. The van der Waals surface area contributed by atoms with Gasteiger partial charge in [-0.2, -0.15) is 0 Å². The van der Waals surface area contributed by atoms with Gasteiger partial charge in [0.15, 0.2) is 0 Å². The Hall–Kier alpha value is -0.300. The Bertz CT molecular complexity index is 161. The molecule has 16 heavy (non-hydrogen) atoms. The minimum absolute atomic E-state index is 0.321. The molecule has 0 bridgehead atoms. The normalized spacial score (nSPS) is 12.1. The van der Waals surface area contributed by atoms with Crippen LogP contribution in [0.1, 0.15) is 78.1 Å². The van der Waals surface area contributed by atoms with Crippen LogP contribution in [-0.2, 0) is 0 Å². The number of hydrogen-bond donors (Lipinski definition) is 1.